The zero-order chi connectivity index (χ0) is 15.1. The van der Waals surface area contributed by atoms with Crippen LogP contribution in [0.4, 0.5) is 0 Å². The topological polar surface area (TPSA) is 92.8 Å². The molecule has 0 aromatic heterocycles. The van der Waals surface area contributed by atoms with Gasteiger partial charge in [-0.3, -0.25) is 14.4 Å². The molecule has 20 heavy (non-hydrogen) atoms. The second kappa shape index (κ2) is 7.42. The van der Waals surface area contributed by atoms with Gasteiger partial charge < -0.3 is 10.2 Å². The second-order valence-electron chi connectivity index (χ2n) is 4.65. The van der Waals surface area contributed by atoms with E-state index in [1.807, 2.05) is 0 Å². The smallest absolute Gasteiger partial charge is 0.333 e. The highest BCUT2D eigenvalue weighted by Crippen LogP contribution is 2.15. The normalized spacial score (nSPS) is 15.9. The van der Waals surface area contributed by atoms with Gasteiger partial charge in [-0.2, -0.15) is 0 Å². The molecule has 3 amide bonds. The molecule has 0 aromatic carbocycles. The van der Waals surface area contributed by atoms with Crippen LogP contribution >= 0.6 is 0 Å². The molecule has 1 atom stereocenters. The third-order valence-corrected chi connectivity index (χ3v) is 2.69. The first kappa shape index (κ1) is 15.9. The van der Waals surface area contributed by atoms with Crippen molar-refractivity contribution in [2.45, 2.75) is 32.6 Å². The minimum atomic E-state index is -0.697. The van der Waals surface area contributed by atoms with E-state index in [1.165, 1.54) is 0 Å². The number of imide groups is 1. The van der Waals surface area contributed by atoms with E-state index in [9.17, 15) is 19.2 Å². The molecule has 1 fully saturated rings. The predicted octanol–water partition coefficient (Wildman–Crippen LogP) is 0.312. The molecule has 1 aliphatic heterocycles. The summed E-state index contributed by atoms with van der Waals surface area (Å²) in [4.78, 5) is 50.2. The van der Waals surface area contributed by atoms with Crippen LogP contribution in [0, 0.1) is 5.92 Å². The van der Waals surface area contributed by atoms with Gasteiger partial charge in [0.25, 0.3) is 11.8 Å². The average molecular weight is 282 g/mol. The van der Waals surface area contributed by atoms with Crippen LogP contribution in [0.3, 0.4) is 0 Å². The summed E-state index contributed by atoms with van der Waals surface area (Å²) in [5, 5.41) is 3.10. The predicted molar refractivity (Wildman–Crippen MR) is 68.8 cm³/mol. The molecule has 110 valence electrons. The SMILES string of the molecule is C=CCNC(=O)CC(C)CC(=O)ON1C(=O)CCC1=O. The Hall–Kier alpha value is -2.18. The van der Waals surface area contributed by atoms with E-state index < -0.39 is 17.8 Å². The van der Waals surface area contributed by atoms with Gasteiger partial charge in [0.05, 0.1) is 6.42 Å². The fourth-order valence-electron chi connectivity index (χ4n) is 1.73. The molecular formula is C13H18N2O5. The Morgan fingerprint density at radius 2 is 1.95 bits per heavy atom. The fourth-order valence-corrected chi connectivity index (χ4v) is 1.73. The number of nitrogens with one attached hydrogen (secondary N) is 1. The molecule has 0 saturated carbocycles. The van der Waals surface area contributed by atoms with Gasteiger partial charge >= 0.3 is 5.97 Å². The number of nitrogens with zero attached hydrogens (tertiary/aromatic N) is 1. The number of carbonyl (C=O) groups is 4. The molecule has 1 aliphatic rings. The van der Waals surface area contributed by atoms with Crippen molar-refractivity contribution in [3.8, 4) is 0 Å². The maximum Gasteiger partial charge on any atom is 0.333 e. The Morgan fingerprint density at radius 3 is 2.50 bits per heavy atom. The standard InChI is InChI=1S/C13H18N2O5/c1-3-6-14-10(16)7-9(2)8-13(19)20-15-11(17)4-5-12(15)18/h3,9H,1,4-8H2,2H3,(H,14,16). The molecule has 0 radical (unpaired) electrons. The number of amides is 3. The van der Waals surface area contributed by atoms with Crippen LogP contribution in [0.2, 0.25) is 0 Å². The largest absolute Gasteiger partial charge is 0.353 e. The van der Waals surface area contributed by atoms with Gasteiger partial charge in [-0.15, -0.1) is 11.6 Å². The van der Waals surface area contributed by atoms with E-state index >= 15 is 0 Å². The third kappa shape index (κ3) is 4.83. The second-order valence-corrected chi connectivity index (χ2v) is 4.65. The molecular weight excluding hydrogens is 264 g/mol. The van der Waals surface area contributed by atoms with E-state index in [-0.39, 0.29) is 37.5 Å². The molecule has 0 spiro atoms. The van der Waals surface area contributed by atoms with Crippen LogP contribution < -0.4 is 5.32 Å². The molecule has 7 nitrogen and oxygen atoms in total. The third-order valence-electron chi connectivity index (χ3n) is 2.69. The number of hydroxylamine groups is 2. The van der Waals surface area contributed by atoms with Gasteiger partial charge in [0.1, 0.15) is 0 Å². The molecule has 7 heteroatoms. The first-order valence-corrected chi connectivity index (χ1v) is 6.38. The fraction of sp³-hybridized carbons (Fsp3) is 0.538. The summed E-state index contributed by atoms with van der Waals surface area (Å²) in [6.07, 6.45) is 1.79. The van der Waals surface area contributed by atoms with Crippen molar-refractivity contribution in [1.82, 2.24) is 10.4 Å². The van der Waals surface area contributed by atoms with Gasteiger partial charge in [0, 0.05) is 25.8 Å². The lowest BCUT2D eigenvalue weighted by Gasteiger charge is -2.14. The van der Waals surface area contributed by atoms with Gasteiger partial charge in [-0.25, -0.2) is 4.79 Å². The number of rotatable bonds is 7. The van der Waals surface area contributed by atoms with Gasteiger partial charge in [0.2, 0.25) is 5.91 Å². The van der Waals surface area contributed by atoms with Gasteiger partial charge in [0.15, 0.2) is 0 Å². The lowest BCUT2D eigenvalue weighted by molar-refractivity contribution is -0.198. The van der Waals surface area contributed by atoms with Crippen LogP contribution in [-0.2, 0) is 24.0 Å². The number of carbonyl (C=O) groups excluding carboxylic acids is 4. The maximum atomic E-state index is 11.6. The minimum Gasteiger partial charge on any atom is -0.353 e. The summed E-state index contributed by atoms with van der Waals surface area (Å²) < 4.78 is 0. The molecule has 1 N–H and O–H groups in total. The zero-order valence-corrected chi connectivity index (χ0v) is 11.4. The summed E-state index contributed by atoms with van der Waals surface area (Å²) in [5.41, 5.74) is 0. The molecule has 0 bridgehead atoms. The van der Waals surface area contributed by atoms with Crippen LogP contribution in [0.15, 0.2) is 12.7 Å². The Balaban J connectivity index is 2.34. The lowest BCUT2D eigenvalue weighted by Crippen LogP contribution is -2.33. The quantitative estimate of drug-likeness (QED) is 0.536. The van der Waals surface area contributed by atoms with Crippen LogP contribution in [-0.4, -0.2) is 35.3 Å². The van der Waals surface area contributed by atoms with Crippen molar-refractivity contribution in [2.24, 2.45) is 5.92 Å². The van der Waals surface area contributed by atoms with E-state index in [1.54, 1.807) is 13.0 Å². The van der Waals surface area contributed by atoms with Crippen LogP contribution in [0.5, 0.6) is 0 Å². The van der Waals surface area contributed by atoms with Crippen molar-refractivity contribution in [3.63, 3.8) is 0 Å². The monoisotopic (exact) mass is 282 g/mol. The van der Waals surface area contributed by atoms with E-state index in [2.05, 4.69) is 11.9 Å². The van der Waals surface area contributed by atoms with Crippen LogP contribution in [0.1, 0.15) is 32.6 Å². The molecule has 1 rings (SSSR count). The van der Waals surface area contributed by atoms with Gasteiger partial charge in [-0.05, 0) is 5.92 Å². The highest BCUT2D eigenvalue weighted by atomic mass is 16.7. The Kier molecular flexibility index (Phi) is 5.89. The summed E-state index contributed by atoms with van der Waals surface area (Å²) in [6.45, 7) is 5.55. The lowest BCUT2D eigenvalue weighted by atomic mass is 10.0. The van der Waals surface area contributed by atoms with Crippen LogP contribution in [0.25, 0.3) is 0 Å². The zero-order valence-electron chi connectivity index (χ0n) is 11.4. The highest BCUT2D eigenvalue weighted by Gasteiger charge is 2.33. The highest BCUT2D eigenvalue weighted by molar-refractivity contribution is 6.01. The molecule has 1 saturated heterocycles. The molecule has 0 aliphatic carbocycles. The van der Waals surface area contributed by atoms with Crippen molar-refractivity contribution >= 4 is 23.7 Å². The summed E-state index contributed by atoms with van der Waals surface area (Å²) in [7, 11) is 0. The van der Waals surface area contributed by atoms with E-state index in [0.29, 0.717) is 11.6 Å². The minimum absolute atomic E-state index is 0.0431. The van der Waals surface area contributed by atoms with Crippen molar-refractivity contribution in [3.05, 3.63) is 12.7 Å². The molecule has 1 heterocycles. The summed E-state index contributed by atoms with van der Waals surface area (Å²) in [5.74, 6) is -2.17. The Morgan fingerprint density at radius 1 is 1.35 bits per heavy atom. The average Bonchev–Trinajstić information content (AvgIpc) is 2.67. The first-order chi connectivity index (χ1) is 9.43. The Bertz CT molecular complexity index is 416. The first-order valence-electron chi connectivity index (χ1n) is 6.38. The number of hydrogen-bond donors (Lipinski definition) is 1. The summed E-state index contributed by atoms with van der Waals surface area (Å²) in [6, 6.07) is 0. The van der Waals surface area contributed by atoms with Crippen molar-refractivity contribution in [1.29, 1.82) is 0 Å². The summed E-state index contributed by atoms with van der Waals surface area (Å²) >= 11 is 0. The van der Waals surface area contributed by atoms with E-state index in [0.717, 1.165) is 0 Å². The molecule has 1 unspecified atom stereocenters. The van der Waals surface area contributed by atoms with Gasteiger partial charge in [-0.1, -0.05) is 13.0 Å². The maximum absolute atomic E-state index is 11.6. The van der Waals surface area contributed by atoms with E-state index in [4.69, 9.17) is 4.84 Å². The number of hydrogen-bond acceptors (Lipinski definition) is 5. The molecule has 0 aromatic rings. The van der Waals surface area contributed by atoms with Crippen molar-refractivity contribution in [2.75, 3.05) is 6.54 Å². The van der Waals surface area contributed by atoms with Crippen molar-refractivity contribution < 1.29 is 24.0 Å². The Labute approximate surface area is 116 Å².